The number of amides is 3. The van der Waals surface area contributed by atoms with Crippen LogP contribution < -0.4 is 21.3 Å². The molecule has 5 N–H and O–H groups in total. The van der Waals surface area contributed by atoms with Crippen LogP contribution in [0, 0.1) is 11.3 Å². The summed E-state index contributed by atoms with van der Waals surface area (Å²) in [5.74, 6) is -1.92. The second-order valence-corrected chi connectivity index (χ2v) is 8.73. The van der Waals surface area contributed by atoms with Gasteiger partial charge in [-0.25, -0.2) is 0 Å². The first-order valence-corrected chi connectivity index (χ1v) is 12.3. The van der Waals surface area contributed by atoms with E-state index in [-0.39, 0.29) is 37.8 Å². The fourth-order valence-electron chi connectivity index (χ4n) is 4.14. The van der Waals surface area contributed by atoms with Gasteiger partial charge in [-0.2, -0.15) is 0 Å². The van der Waals surface area contributed by atoms with Gasteiger partial charge in [-0.15, -0.1) is 0 Å². The smallest absolute Gasteiger partial charge is 0.246 e. The number of carbonyl (C=O) groups is 4. The monoisotopic (exact) mass is 507 g/mol. The number of allylic oxidation sites excluding steroid dienone is 2. The van der Waals surface area contributed by atoms with Gasteiger partial charge < -0.3 is 31.4 Å². The summed E-state index contributed by atoms with van der Waals surface area (Å²) < 4.78 is 5.18. The van der Waals surface area contributed by atoms with Crippen LogP contribution in [0.15, 0.2) is 66.4 Å². The molecule has 196 valence electrons. The molecule has 0 saturated carbocycles. The highest BCUT2D eigenvalue weighted by Crippen LogP contribution is 2.29. The molecular formula is C27H33N5O5. The SMILES string of the molecule is CCOCC(=O)N[C@@H](CC1=CNC2C=CC=CC12)C(=O)N[C@@H](CCC(=O)C=N)C(=O)Nc1ccccc1. The Morgan fingerprint density at radius 1 is 1.05 bits per heavy atom. The first-order chi connectivity index (χ1) is 17.9. The molecule has 10 heteroatoms. The van der Waals surface area contributed by atoms with Crippen LogP contribution in [-0.4, -0.2) is 61.1 Å². The highest BCUT2D eigenvalue weighted by Gasteiger charge is 2.33. The lowest BCUT2D eigenvalue weighted by Crippen LogP contribution is -2.53. The molecular weight excluding hydrogens is 474 g/mol. The number of carbonyl (C=O) groups excluding carboxylic acids is 4. The molecule has 1 aliphatic heterocycles. The van der Waals surface area contributed by atoms with Gasteiger partial charge >= 0.3 is 0 Å². The first-order valence-electron chi connectivity index (χ1n) is 12.3. The molecule has 3 amide bonds. The van der Waals surface area contributed by atoms with Crippen LogP contribution >= 0.6 is 0 Å². The number of rotatable bonds is 14. The molecule has 1 heterocycles. The Hall–Kier alpha value is -4.05. The third-order valence-electron chi connectivity index (χ3n) is 6.07. The first kappa shape index (κ1) is 27.5. The molecule has 0 bridgehead atoms. The van der Waals surface area contributed by atoms with Crippen molar-refractivity contribution in [2.45, 2.75) is 44.3 Å². The summed E-state index contributed by atoms with van der Waals surface area (Å²) in [5, 5.41) is 18.6. The maximum Gasteiger partial charge on any atom is 0.246 e. The minimum absolute atomic E-state index is 0.000710. The number of fused-ring (bicyclic) bond motifs is 1. The van der Waals surface area contributed by atoms with Crippen molar-refractivity contribution in [1.82, 2.24) is 16.0 Å². The molecule has 0 fully saturated rings. The molecule has 0 aromatic heterocycles. The van der Waals surface area contributed by atoms with E-state index < -0.39 is 35.6 Å². The lowest BCUT2D eigenvalue weighted by atomic mass is 9.88. The van der Waals surface area contributed by atoms with E-state index in [9.17, 15) is 19.2 Å². The fraction of sp³-hybridized carbons (Fsp3) is 0.370. The number of ether oxygens (including phenoxy) is 1. The fourth-order valence-corrected chi connectivity index (χ4v) is 4.14. The minimum Gasteiger partial charge on any atom is -0.384 e. The van der Waals surface area contributed by atoms with Crippen LogP contribution in [0.4, 0.5) is 5.69 Å². The normalized spacial score (nSPS) is 19.0. The van der Waals surface area contributed by atoms with Crippen molar-refractivity contribution in [2.75, 3.05) is 18.5 Å². The Kier molecular flexibility index (Phi) is 10.3. The molecule has 37 heavy (non-hydrogen) atoms. The van der Waals surface area contributed by atoms with Crippen LogP contribution in [0.2, 0.25) is 0 Å². The predicted molar refractivity (Wildman–Crippen MR) is 140 cm³/mol. The van der Waals surface area contributed by atoms with E-state index in [2.05, 4.69) is 21.3 Å². The van der Waals surface area contributed by atoms with E-state index in [0.717, 1.165) is 5.57 Å². The van der Waals surface area contributed by atoms with E-state index in [1.807, 2.05) is 36.6 Å². The Labute approximate surface area is 216 Å². The summed E-state index contributed by atoms with van der Waals surface area (Å²) >= 11 is 0. The van der Waals surface area contributed by atoms with Crippen molar-refractivity contribution >= 4 is 35.4 Å². The number of hydrogen-bond acceptors (Lipinski definition) is 7. The Morgan fingerprint density at radius 2 is 1.81 bits per heavy atom. The van der Waals surface area contributed by atoms with Gasteiger partial charge in [0.1, 0.15) is 18.7 Å². The topological polar surface area (TPSA) is 149 Å². The van der Waals surface area contributed by atoms with E-state index in [0.29, 0.717) is 18.5 Å². The number of ketones is 1. The van der Waals surface area contributed by atoms with Crippen molar-refractivity contribution in [3.63, 3.8) is 0 Å². The van der Waals surface area contributed by atoms with Crippen molar-refractivity contribution in [1.29, 1.82) is 5.41 Å². The number of benzene rings is 1. The van der Waals surface area contributed by atoms with Gasteiger partial charge in [-0.1, -0.05) is 42.5 Å². The molecule has 4 atom stereocenters. The van der Waals surface area contributed by atoms with Gasteiger partial charge in [0.05, 0.1) is 12.3 Å². The van der Waals surface area contributed by atoms with Gasteiger partial charge in [-0.3, -0.25) is 19.2 Å². The van der Waals surface area contributed by atoms with Crippen LogP contribution in [0.3, 0.4) is 0 Å². The standard InChI is InChI=1S/C27H33N5O5/c1-2-37-17-25(34)31-24(14-18-16-29-22-11-7-6-10-21(18)22)27(36)32-23(13-12-20(33)15-28)26(35)30-19-8-4-3-5-9-19/h3-11,15-16,21-24,28-29H,2,12-14,17H2,1H3,(H,30,35)(H,31,34)(H,32,36)/t21?,22?,23-,24-/m0/s1. The summed E-state index contributed by atoms with van der Waals surface area (Å²) in [6, 6.07) is 6.81. The minimum atomic E-state index is -1.05. The second-order valence-electron chi connectivity index (χ2n) is 8.73. The lowest BCUT2D eigenvalue weighted by Gasteiger charge is -2.25. The average Bonchev–Trinajstić information content (AvgIpc) is 3.32. The highest BCUT2D eigenvalue weighted by atomic mass is 16.5. The van der Waals surface area contributed by atoms with Crippen molar-refractivity contribution in [3.8, 4) is 0 Å². The Morgan fingerprint density at radius 3 is 2.54 bits per heavy atom. The van der Waals surface area contributed by atoms with E-state index >= 15 is 0 Å². The van der Waals surface area contributed by atoms with Gasteiger partial charge in [-0.05, 0) is 43.7 Å². The van der Waals surface area contributed by atoms with Gasteiger partial charge in [0, 0.05) is 24.6 Å². The van der Waals surface area contributed by atoms with E-state index in [4.69, 9.17) is 10.1 Å². The molecule has 1 aliphatic carbocycles. The number of Topliss-reactive ketones (excluding diaryl/α,β-unsaturated/α-hetero) is 1. The number of hydrogen-bond donors (Lipinski definition) is 5. The zero-order valence-corrected chi connectivity index (χ0v) is 20.7. The molecule has 1 aromatic rings. The van der Waals surface area contributed by atoms with Crippen molar-refractivity contribution in [2.24, 2.45) is 5.92 Å². The summed E-state index contributed by atoms with van der Waals surface area (Å²) in [4.78, 5) is 50.7. The summed E-state index contributed by atoms with van der Waals surface area (Å²) in [6.45, 7) is 1.92. The molecule has 1 aromatic carbocycles. The molecule has 0 spiro atoms. The molecule has 2 unspecified atom stereocenters. The van der Waals surface area contributed by atoms with E-state index in [1.54, 1.807) is 31.2 Å². The Balaban J connectivity index is 1.75. The number of nitrogens with one attached hydrogen (secondary N) is 5. The molecule has 2 aliphatic rings. The zero-order chi connectivity index (χ0) is 26.6. The average molecular weight is 508 g/mol. The van der Waals surface area contributed by atoms with Crippen LogP contribution in [0.5, 0.6) is 0 Å². The number of anilines is 1. The maximum absolute atomic E-state index is 13.4. The van der Waals surface area contributed by atoms with Gasteiger partial charge in [0.2, 0.25) is 17.7 Å². The van der Waals surface area contributed by atoms with Crippen LogP contribution in [0.1, 0.15) is 26.2 Å². The molecule has 10 nitrogen and oxygen atoms in total. The summed E-state index contributed by atoms with van der Waals surface area (Å²) in [5.41, 5.74) is 1.48. The summed E-state index contributed by atoms with van der Waals surface area (Å²) in [6.07, 6.45) is 10.6. The lowest BCUT2D eigenvalue weighted by molar-refractivity contribution is -0.132. The molecule has 0 saturated heterocycles. The molecule has 0 radical (unpaired) electrons. The van der Waals surface area contributed by atoms with Gasteiger partial charge in [0.25, 0.3) is 0 Å². The predicted octanol–water partition coefficient (Wildman–Crippen LogP) is 1.62. The highest BCUT2D eigenvalue weighted by molar-refractivity contribution is 6.26. The third-order valence-corrected chi connectivity index (χ3v) is 6.07. The number of para-hydroxylation sites is 1. The maximum atomic E-state index is 13.4. The van der Waals surface area contributed by atoms with Crippen molar-refractivity contribution in [3.05, 3.63) is 66.4 Å². The largest absolute Gasteiger partial charge is 0.384 e. The summed E-state index contributed by atoms with van der Waals surface area (Å²) in [7, 11) is 0. The van der Waals surface area contributed by atoms with Crippen LogP contribution in [0.25, 0.3) is 0 Å². The van der Waals surface area contributed by atoms with Crippen molar-refractivity contribution < 1.29 is 23.9 Å². The third kappa shape index (κ3) is 8.25. The quantitative estimate of drug-likeness (QED) is 0.242. The van der Waals surface area contributed by atoms with Gasteiger partial charge in [0.15, 0.2) is 5.78 Å². The molecule has 3 rings (SSSR count). The van der Waals surface area contributed by atoms with Crippen LogP contribution in [-0.2, 0) is 23.9 Å². The Bertz CT molecular complexity index is 1080. The zero-order valence-electron chi connectivity index (χ0n) is 20.7. The second kappa shape index (κ2) is 13.9. The van der Waals surface area contributed by atoms with E-state index in [1.165, 1.54) is 0 Å².